The van der Waals surface area contributed by atoms with Crippen molar-refractivity contribution in [2.24, 2.45) is 0 Å². The van der Waals surface area contributed by atoms with Crippen LogP contribution in [0.5, 0.6) is 5.75 Å². The van der Waals surface area contributed by atoms with Crippen molar-refractivity contribution in [2.45, 2.75) is 51.9 Å². The van der Waals surface area contributed by atoms with Crippen molar-refractivity contribution >= 4 is 23.9 Å². The number of imide groups is 1. The molecule has 0 spiro atoms. The molecule has 0 fully saturated rings. The number of hydrogen-bond acceptors (Lipinski definition) is 9. The number of pyridine rings is 1. The van der Waals surface area contributed by atoms with Gasteiger partial charge in [0.2, 0.25) is 0 Å². The molecule has 1 aliphatic heterocycles. The topological polar surface area (TPSA) is 162 Å². The number of carbonyl (C=O) groups is 4. The molecule has 210 valence electrons. The van der Waals surface area contributed by atoms with Crippen LogP contribution in [0.4, 0.5) is 4.79 Å². The lowest BCUT2D eigenvalue weighted by Gasteiger charge is -2.28. The van der Waals surface area contributed by atoms with E-state index in [-0.39, 0.29) is 16.9 Å². The van der Waals surface area contributed by atoms with Gasteiger partial charge in [0.25, 0.3) is 11.8 Å². The SMILES string of the molecule is CC(C)(C)OC(=O)NCCCc1cn(-c2ccc(OC(C)(ON3C(=O)c4ccccc4C3=O)C(=O)O)cn2)cn1. The number of aromatic nitrogens is 3. The number of nitrogens with one attached hydrogen (secondary N) is 1. The maximum atomic E-state index is 12.6. The number of hydrogen-bond donors (Lipinski definition) is 2. The van der Waals surface area contributed by atoms with Gasteiger partial charge in [-0.25, -0.2) is 24.4 Å². The number of benzene rings is 1. The van der Waals surface area contributed by atoms with Gasteiger partial charge in [0.05, 0.1) is 23.0 Å². The number of rotatable bonds is 10. The molecule has 1 aromatic carbocycles. The molecule has 3 heterocycles. The molecule has 13 nitrogen and oxygen atoms in total. The van der Waals surface area contributed by atoms with Gasteiger partial charge in [0.15, 0.2) is 0 Å². The van der Waals surface area contributed by atoms with E-state index in [1.807, 2.05) is 0 Å². The lowest BCUT2D eigenvalue weighted by Crippen LogP contribution is -2.50. The second-order valence-corrected chi connectivity index (χ2v) is 10.1. The summed E-state index contributed by atoms with van der Waals surface area (Å²) in [5.41, 5.74) is 0.422. The van der Waals surface area contributed by atoms with Gasteiger partial charge >= 0.3 is 17.8 Å². The number of amides is 3. The average Bonchev–Trinajstić information content (AvgIpc) is 3.45. The molecule has 1 aliphatic rings. The summed E-state index contributed by atoms with van der Waals surface area (Å²) in [7, 11) is 0. The fourth-order valence-corrected chi connectivity index (χ4v) is 3.73. The Balaban J connectivity index is 1.35. The van der Waals surface area contributed by atoms with Gasteiger partial charge in [-0.2, -0.15) is 0 Å². The average molecular weight is 552 g/mol. The summed E-state index contributed by atoms with van der Waals surface area (Å²) in [6, 6.07) is 9.11. The fraction of sp³-hybridized carbons (Fsp3) is 0.333. The molecule has 3 amide bonds. The molecule has 2 aromatic heterocycles. The zero-order valence-electron chi connectivity index (χ0n) is 22.4. The lowest BCUT2D eigenvalue weighted by molar-refractivity contribution is -0.263. The Hall–Kier alpha value is -4.78. The van der Waals surface area contributed by atoms with Crippen LogP contribution in [-0.4, -0.2) is 66.5 Å². The Labute approximate surface area is 229 Å². The predicted molar refractivity (Wildman–Crippen MR) is 139 cm³/mol. The van der Waals surface area contributed by atoms with Gasteiger partial charge in [-0.1, -0.05) is 12.1 Å². The Bertz CT molecular complexity index is 1390. The van der Waals surface area contributed by atoms with Crippen LogP contribution in [0.1, 0.15) is 60.5 Å². The van der Waals surface area contributed by atoms with Crippen molar-refractivity contribution in [1.29, 1.82) is 0 Å². The lowest BCUT2D eigenvalue weighted by atomic mass is 10.1. The highest BCUT2D eigenvalue weighted by atomic mass is 16.8. The first-order valence-corrected chi connectivity index (χ1v) is 12.4. The van der Waals surface area contributed by atoms with E-state index >= 15 is 0 Å². The first-order valence-electron chi connectivity index (χ1n) is 12.4. The fourth-order valence-electron chi connectivity index (χ4n) is 3.73. The minimum absolute atomic E-state index is 0.0267. The first-order chi connectivity index (χ1) is 18.9. The van der Waals surface area contributed by atoms with E-state index in [0.717, 1.165) is 12.6 Å². The summed E-state index contributed by atoms with van der Waals surface area (Å²) in [5.74, 6) is -5.04. The minimum atomic E-state index is -2.41. The molecule has 2 N–H and O–H groups in total. The Morgan fingerprint density at radius 3 is 2.25 bits per heavy atom. The summed E-state index contributed by atoms with van der Waals surface area (Å²) in [6.45, 7) is 6.89. The van der Waals surface area contributed by atoms with Crippen LogP contribution in [-0.2, 0) is 20.8 Å². The van der Waals surface area contributed by atoms with E-state index in [2.05, 4.69) is 15.3 Å². The van der Waals surface area contributed by atoms with Crippen molar-refractivity contribution in [3.63, 3.8) is 0 Å². The zero-order valence-corrected chi connectivity index (χ0v) is 22.4. The highest BCUT2D eigenvalue weighted by Crippen LogP contribution is 2.28. The van der Waals surface area contributed by atoms with Crippen LogP contribution >= 0.6 is 0 Å². The molecule has 0 saturated carbocycles. The van der Waals surface area contributed by atoms with Crippen LogP contribution in [0, 0.1) is 0 Å². The third kappa shape index (κ3) is 6.43. The van der Waals surface area contributed by atoms with Gasteiger partial charge in [0, 0.05) is 19.7 Å². The van der Waals surface area contributed by atoms with Crippen LogP contribution in [0.3, 0.4) is 0 Å². The summed E-state index contributed by atoms with van der Waals surface area (Å²) in [4.78, 5) is 62.9. The minimum Gasteiger partial charge on any atom is -0.476 e. The first kappa shape index (κ1) is 28.2. The Morgan fingerprint density at radius 2 is 1.68 bits per heavy atom. The third-order valence-electron chi connectivity index (χ3n) is 5.62. The summed E-state index contributed by atoms with van der Waals surface area (Å²) in [5, 5.41) is 12.9. The van der Waals surface area contributed by atoms with Gasteiger partial charge in [-0.15, -0.1) is 5.06 Å². The highest BCUT2D eigenvalue weighted by molar-refractivity contribution is 6.20. The zero-order chi connectivity index (χ0) is 29.1. The van der Waals surface area contributed by atoms with Gasteiger partial charge in [-0.05, 0) is 57.9 Å². The molecule has 0 radical (unpaired) electrons. The Morgan fingerprint density at radius 1 is 1.00 bits per heavy atom. The van der Waals surface area contributed by atoms with Crippen molar-refractivity contribution in [2.75, 3.05) is 6.54 Å². The quantitative estimate of drug-likeness (QED) is 0.217. The van der Waals surface area contributed by atoms with E-state index in [1.54, 1.807) is 56.1 Å². The molecule has 3 aromatic rings. The maximum absolute atomic E-state index is 12.6. The molecule has 40 heavy (non-hydrogen) atoms. The molecular weight excluding hydrogens is 522 g/mol. The van der Waals surface area contributed by atoms with Crippen LogP contribution in [0.15, 0.2) is 55.1 Å². The predicted octanol–water partition coefficient (Wildman–Crippen LogP) is 3.13. The molecule has 1 atom stereocenters. The Kier molecular flexibility index (Phi) is 7.86. The van der Waals surface area contributed by atoms with Crippen molar-refractivity contribution < 1.29 is 38.6 Å². The van der Waals surface area contributed by atoms with Crippen LogP contribution in [0.25, 0.3) is 5.82 Å². The number of carboxylic acid groups (broad SMARTS) is 1. The molecule has 0 bridgehead atoms. The second-order valence-electron chi connectivity index (χ2n) is 10.1. The molecular formula is C27H29N5O8. The number of hydroxylamine groups is 2. The summed E-state index contributed by atoms with van der Waals surface area (Å²) >= 11 is 0. The number of alkyl carbamates (subject to hydrolysis) is 1. The number of imidazole rings is 1. The number of aryl methyl sites for hydroxylation is 1. The third-order valence-corrected chi connectivity index (χ3v) is 5.62. The molecule has 0 aliphatic carbocycles. The number of carboxylic acids is 1. The van der Waals surface area contributed by atoms with Crippen LogP contribution in [0.2, 0.25) is 0 Å². The van der Waals surface area contributed by atoms with Crippen molar-refractivity contribution in [3.8, 4) is 11.6 Å². The number of fused-ring (bicyclic) bond motifs is 1. The standard InChI is InChI=1S/C27H29N5O8/c1-26(2,3)39-25(37)28-13-7-8-17-15-31(16-30-17)21-12-11-18(14-29-21)38-27(4,24(35)36)40-32-22(33)19-9-5-6-10-20(19)23(32)34/h5-6,9-12,14-16H,7-8,13H2,1-4H3,(H,28,37)(H,35,36). The van der Waals surface area contributed by atoms with Gasteiger partial charge in [0.1, 0.15) is 23.5 Å². The maximum Gasteiger partial charge on any atom is 0.407 e. The summed E-state index contributed by atoms with van der Waals surface area (Å²) in [6.07, 6.45) is 5.42. The molecule has 4 rings (SSSR count). The van der Waals surface area contributed by atoms with Crippen molar-refractivity contribution in [3.05, 3.63) is 71.9 Å². The normalized spacial score (nSPS) is 14.4. The largest absolute Gasteiger partial charge is 0.476 e. The molecule has 0 saturated heterocycles. The number of ether oxygens (including phenoxy) is 2. The van der Waals surface area contributed by atoms with Gasteiger partial charge in [-0.3, -0.25) is 14.2 Å². The summed E-state index contributed by atoms with van der Waals surface area (Å²) < 4.78 is 12.4. The van der Waals surface area contributed by atoms with Crippen LogP contribution < -0.4 is 10.1 Å². The number of carbonyl (C=O) groups excluding carboxylic acids is 3. The van der Waals surface area contributed by atoms with E-state index in [0.29, 0.717) is 30.3 Å². The highest BCUT2D eigenvalue weighted by Gasteiger charge is 2.47. The number of nitrogens with zero attached hydrogens (tertiary/aromatic N) is 4. The van der Waals surface area contributed by atoms with E-state index in [9.17, 15) is 24.3 Å². The van der Waals surface area contributed by atoms with E-state index in [1.165, 1.54) is 24.4 Å². The van der Waals surface area contributed by atoms with Crippen molar-refractivity contribution in [1.82, 2.24) is 24.9 Å². The monoisotopic (exact) mass is 551 g/mol. The van der Waals surface area contributed by atoms with Gasteiger partial charge < -0.3 is 19.9 Å². The molecule has 13 heteroatoms. The smallest absolute Gasteiger partial charge is 0.407 e. The number of aliphatic carboxylic acids is 1. The molecule has 1 unspecified atom stereocenters. The second kappa shape index (κ2) is 11.1. The van der Waals surface area contributed by atoms with E-state index < -0.39 is 35.3 Å². The van der Waals surface area contributed by atoms with E-state index in [4.69, 9.17) is 14.3 Å².